The van der Waals surface area contributed by atoms with E-state index in [2.05, 4.69) is 60.1 Å². The highest BCUT2D eigenvalue weighted by atomic mass is 15.2. The number of aromatic amines is 1. The number of aromatic nitrogens is 1. The van der Waals surface area contributed by atoms with E-state index in [0.717, 1.165) is 13.0 Å². The first kappa shape index (κ1) is 23.2. The van der Waals surface area contributed by atoms with Crippen molar-refractivity contribution in [2.75, 3.05) is 6.54 Å². The third-order valence-electron chi connectivity index (χ3n) is 5.97. The van der Waals surface area contributed by atoms with E-state index in [-0.39, 0.29) is 0 Å². The van der Waals surface area contributed by atoms with E-state index < -0.39 is 0 Å². The molecule has 2 aliphatic rings. The first-order valence-corrected chi connectivity index (χ1v) is 11.6. The zero-order chi connectivity index (χ0) is 21.6. The van der Waals surface area contributed by atoms with Gasteiger partial charge in [-0.05, 0) is 60.6 Å². The molecule has 0 radical (unpaired) electrons. The molecule has 2 nitrogen and oxygen atoms in total. The number of hydrogen-bond donors (Lipinski definition) is 1. The third kappa shape index (κ3) is 4.28. The van der Waals surface area contributed by atoms with E-state index in [1.807, 2.05) is 41.5 Å². The van der Waals surface area contributed by atoms with Gasteiger partial charge in [0.05, 0.1) is 0 Å². The molecule has 1 atom stereocenters. The maximum absolute atomic E-state index is 3.55. The van der Waals surface area contributed by atoms with Crippen molar-refractivity contribution in [3.05, 3.63) is 69.9 Å². The van der Waals surface area contributed by atoms with Crippen LogP contribution in [0.2, 0.25) is 0 Å². The van der Waals surface area contributed by atoms with E-state index in [0.29, 0.717) is 6.04 Å². The quantitative estimate of drug-likeness (QED) is 0.419. The van der Waals surface area contributed by atoms with Crippen LogP contribution in [0.4, 0.5) is 0 Å². The zero-order valence-electron chi connectivity index (χ0n) is 19.8. The number of H-pyrrole nitrogens is 1. The summed E-state index contributed by atoms with van der Waals surface area (Å²) in [6.07, 6.45) is 2.33. The molecule has 29 heavy (non-hydrogen) atoms. The molecule has 3 aromatic rings. The van der Waals surface area contributed by atoms with Gasteiger partial charge in [-0.3, -0.25) is 4.90 Å². The Bertz CT molecular complexity index is 920. The van der Waals surface area contributed by atoms with Crippen LogP contribution in [0.1, 0.15) is 81.1 Å². The van der Waals surface area contributed by atoms with Gasteiger partial charge in [0.15, 0.2) is 0 Å². The summed E-state index contributed by atoms with van der Waals surface area (Å²) < 4.78 is 0. The predicted molar refractivity (Wildman–Crippen MR) is 129 cm³/mol. The van der Waals surface area contributed by atoms with Crippen molar-refractivity contribution in [1.29, 1.82) is 0 Å². The van der Waals surface area contributed by atoms with Crippen molar-refractivity contribution in [3.8, 4) is 0 Å². The lowest BCUT2D eigenvalue weighted by Gasteiger charge is -2.41. The van der Waals surface area contributed by atoms with Crippen LogP contribution in [0, 0.1) is 13.8 Å². The van der Waals surface area contributed by atoms with E-state index in [4.69, 9.17) is 0 Å². The molecule has 2 aliphatic heterocycles. The van der Waals surface area contributed by atoms with E-state index in [1.165, 1.54) is 40.7 Å². The summed E-state index contributed by atoms with van der Waals surface area (Å²) in [6.45, 7) is 18.7. The fourth-order valence-electron chi connectivity index (χ4n) is 4.62. The van der Waals surface area contributed by atoms with Crippen molar-refractivity contribution in [3.63, 3.8) is 0 Å². The second-order valence-corrected chi connectivity index (χ2v) is 7.14. The summed E-state index contributed by atoms with van der Waals surface area (Å²) in [7, 11) is 0. The van der Waals surface area contributed by atoms with Crippen LogP contribution >= 0.6 is 0 Å². The normalized spacial score (nSPS) is 16.6. The molecule has 1 N–H and O–H groups in total. The Hall–Kier alpha value is -2.06. The summed E-state index contributed by atoms with van der Waals surface area (Å²) in [5.41, 5.74) is 10.2. The van der Waals surface area contributed by atoms with Crippen LogP contribution in [0.25, 0.3) is 10.9 Å². The van der Waals surface area contributed by atoms with Crippen molar-refractivity contribution in [2.45, 2.75) is 80.8 Å². The molecule has 2 aromatic carbocycles. The smallest absolute Gasteiger partial charge is 0.0462 e. The van der Waals surface area contributed by atoms with Crippen LogP contribution in [-0.2, 0) is 19.4 Å². The van der Waals surface area contributed by atoms with Gasteiger partial charge in [0, 0.05) is 35.7 Å². The zero-order valence-corrected chi connectivity index (χ0v) is 19.8. The molecule has 1 aromatic heterocycles. The average Bonchev–Trinajstić information content (AvgIpc) is 3.10. The van der Waals surface area contributed by atoms with E-state index in [9.17, 15) is 0 Å². The van der Waals surface area contributed by atoms with Crippen molar-refractivity contribution < 1.29 is 0 Å². The number of rotatable bonds is 0. The van der Waals surface area contributed by atoms with Gasteiger partial charge >= 0.3 is 0 Å². The highest BCUT2D eigenvalue weighted by molar-refractivity contribution is 5.89. The lowest BCUT2D eigenvalue weighted by molar-refractivity contribution is 0.162. The minimum atomic E-state index is 0.560. The number of fused-ring (bicyclic) bond motifs is 6. The summed E-state index contributed by atoms with van der Waals surface area (Å²) in [5, 5.41) is 1.47. The van der Waals surface area contributed by atoms with Gasteiger partial charge in [0.2, 0.25) is 0 Å². The SMILES string of the molecule is CC.CC.CC.Cc1[nH]c2ccc3c(c2c1C)CN1CCc2ccccc2C1C3. The van der Waals surface area contributed by atoms with Gasteiger partial charge in [-0.1, -0.05) is 71.9 Å². The standard InChI is InChI=1S/C21H22N2.3C2H6/c1-13-14(2)22-19-8-7-16-11-20-17-6-4-3-5-15(17)9-10-23(20)12-18(16)21(13)19;3*1-2/h3-8,20,22H,9-12H2,1-2H3;3*1-2H3. The fraction of sp³-hybridized carbons (Fsp3) is 0.481. The Morgan fingerprint density at radius 1 is 0.862 bits per heavy atom. The highest BCUT2D eigenvalue weighted by Gasteiger charge is 2.32. The van der Waals surface area contributed by atoms with Crippen molar-refractivity contribution in [2.24, 2.45) is 0 Å². The van der Waals surface area contributed by atoms with E-state index in [1.54, 1.807) is 16.7 Å². The molecule has 0 fully saturated rings. The van der Waals surface area contributed by atoms with Gasteiger partial charge in [0.25, 0.3) is 0 Å². The Balaban J connectivity index is 0.000000461. The van der Waals surface area contributed by atoms with E-state index >= 15 is 0 Å². The molecule has 0 aliphatic carbocycles. The first-order valence-electron chi connectivity index (χ1n) is 11.6. The van der Waals surface area contributed by atoms with Gasteiger partial charge in [-0.15, -0.1) is 0 Å². The Morgan fingerprint density at radius 3 is 2.28 bits per heavy atom. The second-order valence-electron chi connectivity index (χ2n) is 7.14. The lowest BCUT2D eigenvalue weighted by atomic mass is 9.83. The highest BCUT2D eigenvalue weighted by Crippen LogP contribution is 2.40. The molecule has 0 saturated carbocycles. The molecule has 2 heteroatoms. The minimum Gasteiger partial charge on any atom is -0.358 e. The number of benzene rings is 2. The maximum atomic E-state index is 3.55. The molecule has 1 unspecified atom stereocenters. The Labute approximate surface area is 178 Å². The summed E-state index contributed by atoms with van der Waals surface area (Å²) in [4.78, 5) is 6.23. The molecule has 0 saturated heterocycles. The second kappa shape index (κ2) is 10.6. The minimum absolute atomic E-state index is 0.560. The average molecular weight is 393 g/mol. The Morgan fingerprint density at radius 2 is 1.55 bits per heavy atom. The molecule has 0 amide bonds. The molecule has 158 valence electrons. The third-order valence-corrected chi connectivity index (χ3v) is 5.97. The van der Waals surface area contributed by atoms with Crippen molar-refractivity contribution in [1.82, 2.24) is 9.88 Å². The molecule has 0 bridgehead atoms. The summed E-state index contributed by atoms with van der Waals surface area (Å²) in [6, 6.07) is 14.2. The number of nitrogens with zero attached hydrogens (tertiary/aromatic N) is 1. The maximum Gasteiger partial charge on any atom is 0.0462 e. The molecule has 0 spiro atoms. The van der Waals surface area contributed by atoms with Crippen LogP contribution < -0.4 is 0 Å². The number of hydrogen-bond acceptors (Lipinski definition) is 1. The Kier molecular flexibility index (Phi) is 8.52. The van der Waals surface area contributed by atoms with Crippen LogP contribution in [0.5, 0.6) is 0 Å². The molecule has 5 rings (SSSR count). The molecular formula is C27H40N2. The van der Waals surface area contributed by atoms with Gasteiger partial charge in [-0.25, -0.2) is 0 Å². The summed E-state index contributed by atoms with van der Waals surface area (Å²) >= 11 is 0. The molecule has 3 heterocycles. The van der Waals surface area contributed by atoms with Crippen LogP contribution in [-0.4, -0.2) is 16.4 Å². The fourth-order valence-corrected chi connectivity index (χ4v) is 4.62. The van der Waals surface area contributed by atoms with Crippen LogP contribution in [0.15, 0.2) is 36.4 Å². The molecular weight excluding hydrogens is 352 g/mol. The van der Waals surface area contributed by atoms with Gasteiger partial charge in [-0.2, -0.15) is 0 Å². The number of aryl methyl sites for hydroxylation is 2. The van der Waals surface area contributed by atoms with Crippen LogP contribution in [0.3, 0.4) is 0 Å². The van der Waals surface area contributed by atoms with Crippen molar-refractivity contribution >= 4 is 10.9 Å². The summed E-state index contributed by atoms with van der Waals surface area (Å²) in [5.74, 6) is 0. The monoisotopic (exact) mass is 392 g/mol. The largest absolute Gasteiger partial charge is 0.358 e. The topological polar surface area (TPSA) is 19.0 Å². The van der Waals surface area contributed by atoms with Gasteiger partial charge in [0.1, 0.15) is 0 Å². The predicted octanol–water partition coefficient (Wildman–Crippen LogP) is 7.52. The van der Waals surface area contributed by atoms with Gasteiger partial charge < -0.3 is 4.98 Å². The first-order chi connectivity index (χ1) is 14.2. The number of nitrogens with one attached hydrogen (secondary N) is 1. The lowest BCUT2D eigenvalue weighted by Crippen LogP contribution is -2.39.